The molecule has 2 N–H and O–H groups in total. The van der Waals surface area contributed by atoms with E-state index in [1.165, 1.54) is 0 Å². The molecular weight excluding hydrogens is 308 g/mol. The summed E-state index contributed by atoms with van der Waals surface area (Å²) in [6.07, 6.45) is 3.21. The van der Waals surface area contributed by atoms with Crippen molar-refractivity contribution in [1.29, 1.82) is 0 Å². The van der Waals surface area contributed by atoms with Crippen LogP contribution in [0.15, 0.2) is 0 Å². The number of hydrogen-bond acceptors (Lipinski definition) is 4. The van der Waals surface area contributed by atoms with Gasteiger partial charge in [0.15, 0.2) is 0 Å². The average Bonchev–Trinajstić information content (AvgIpc) is 3.05. The average molecular weight is 333 g/mol. The molecule has 0 bridgehead atoms. The van der Waals surface area contributed by atoms with E-state index in [1.807, 2.05) is 4.90 Å². The topological polar surface area (TPSA) is 70.0 Å². The molecule has 0 aromatic heterocycles. The van der Waals surface area contributed by atoms with Gasteiger partial charge in [0.05, 0.1) is 30.7 Å². The minimum atomic E-state index is -2.73. The molecule has 3 fully saturated rings. The predicted molar refractivity (Wildman–Crippen MR) is 78.4 cm³/mol. The SMILES string of the molecule is O=C(O)C[C@@H]1CCC2(CCN(C[C@@]3(CO)CC3(F)F)CC2)OC1. The van der Waals surface area contributed by atoms with Crippen molar-refractivity contribution in [2.24, 2.45) is 11.3 Å². The van der Waals surface area contributed by atoms with E-state index in [0.717, 1.165) is 25.7 Å². The maximum Gasteiger partial charge on any atom is 0.303 e. The van der Waals surface area contributed by atoms with Crippen LogP contribution in [-0.4, -0.2) is 65.5 Å². The van der Waals surface area contributed by atoms with Crippen molar-refractivity contribution in [1.82, 2.24) is 4.90 Å². The number of likely N-dealkylation sites (tertiary alicyclic amines) is 1. The number of carboxylic acid groups (broad SMARTS) is 1. The number of carboxylic acids is 1. The fraction of sp³-hybridized carbons (Fsp3) is 0.938. The Morgan fingerprint density at radius 2 is 1.91 bits per heavy atom. The standard InChI is InChI=1S/C16H25F2NO4/c17-16(18)9-14(16,11-20)10-19-5-3-15(4-6-19)2-1-12(8-23-15)7-13(21)22/h12,20H,1-11H2,(H,21,22)/t12-,14+/m0/s1. The summed E-state index contributed by atoms with van der Waals surface area (Å²) in [7, 11) is 0. The minimum Gasteiger partial charge on any atom is -0.481 e. The van der Waals surface area contributed by atoms with E-state index in [2.05, 4.69) is 0 Å². The van der Waals surface area contributed by atoms with Gasteiger partial charge in [0.25, 0.3) is 5.92 Å². The highest BCUT2D eigenvalue weighted by Crippen LogP contribution is 2.60. The van der Waals surface area contributed by atoms with Crippen LogP contribution in [0.25, 0.3) is 0 Å². The fourth-order valence-electron chi connectivity index (χ4n) is 4.04. The van der Waals surface area contributed by atoms with Crippen LogP contribution in [0.2, 0.25) is 0 Å². The van der Waals surface area contributed by atoms with Gasteiger partial charge in [0.1, 0.15) is 0 Å². The smallest absolute Gasteiger partial charge is 0.303 e. The van der Waals surface area contributed by atoms with Crippen molar-refractivity contribution in [2.75, 3.05) is 32.8 Å². The Bertz CT molecular complexity index is 455. The number of piperidine rings is 1. The van der Waals surface area contributed by atoms with Gasteiger partial charge in [-0.1, -0.05) is 0 Å². The minimum absolute atomic E-state index is 0.0824. The van der Waals surface area contributed by atoms with E-state index < -0.39 is 23.9 Å². The van der Waals surface area contributed by atoms with Crippen LogP contribution in [0.4, 0.5) is 8.78 Å². The van der Waals surface area contributed by atoms with E-state index in [9.17, 15) is 18.7 Å². The molecule has 3 rings (SSSR count). The Morgan fingerprint density at radius 1 is 1.26 bits per heavy atom. The number of alkyl halides is 2. The van der Waals surface area contributed by atoms with E-state index in [0.29, 0.717) is 19.7 Å². The zero-order valence-electron chi connectivity index (χ0n) is 13.3. The molecule has 2 saturated heterocycles. The number of aliphatic hydroxyl groups excluding tert-OH is 1. The summed E-state index contributed by atoms with van der Waals surface area (Å²) in [5.41, 5.74) is -1.44. The van der Waals surface area contributed by atoms with Gasteiger partial charge in [-0.05, 0) is 31.6 Å². The van der Waals surface area contributed by atoms with Crippen molar-refractivity contribution in [3.8, 4) is 0 Å². The third-order valence-electron chi connectivity index (χ3n) is 5.90. The molecule has 0 aromatic carbocycles. The van der Waals surface area contributed by atoms with Crippen LogP contribution in [0, 0.1) is 11.3 Å². The van der Waals surface area contributed by atoms with E-state index in [4.69, 9.17) is 9.84 Å². The van der Waals surface area contributed by atoms with Gasteiger partial charge in [0.2, 0.25) is 0 Å². The molecule has 0 aromatic rings. The molecule has 1 saturated carbocycles. The first kappa shape index (κ1) is 17.0. The molecule has 7 heteroatoms. The molecule has 0 unspecified atom stereocenters. The van der Waals surface area contributed by atoms with Crippen LogP contribution >= 0.6 is 0 Å². The molecule has 2 aliphatic heterocycles. The van der Waals surface area contributed by atoms with Gasteiger partial charge in [-0.15, -0.1) is 0 Å². The fourth-order valence-corrected chi connectivity index (χ4v) is 4.04. The summed E-state index contributed by atoms with van der Waals surface area (Å²) in [6.45, 7) is 1.65. The molecule has 0 radical (unpaired) electrons. The monoisotopic (exact) mass is 333 g/mol. The summed E-state index contributed by atoms with van der Waals surface area (Å²) in [6, 6.07) is 0. The number of halogens is 2. The van der Waals surface area contributed by atoms with Gasteiger partial charge in [-0.25, -0.2) is 8.78 Å². The molecule has 1 spiro atoms. The van der Waals surface area contributed by atoms with Gasteiger partial charge >= 0.3 is 5.97 Å². The normalized spacial score (nSPS) is 36.0. The van der Waals surface area contributed by atoms with Crippen LogP contribution < -0.4 is 0 Å². The van der Waals surface area contributed by atoms with Crippen molar-refractivity contribution in [2.45, 2.75) is 50.0 Å². The number of carbonyl (C=O) groups is 1. The van der Waals surface area contributed by atoms with Gasteiger partial charge in [-0.2, -0.15) is 0 Å². The number of rotatable bonds is 5. The molecule has 3 aliphatic rings. The third kappa shape index (κ3) is 3.37. The number of ether oxygens (including phenoxy) is 1. The lowest BCUT2D eigenvalue weighted by Gasteiger charge is -2.46. The molecule has 2 heterocycles. The highest BCUT2D eigenvalue weighted by Gasteiger charge is 2.71. The Morgan fingerprint density at radius 3 is 2.35 bits per heavy atom. The largest absolute Gasteiger partial charge is 0.481 e. The van der Waals surface area contributed by atoms with Crippen LogP contribution in [-0.2, 0) is 9.53 Å². The molecular formula is C16H25F2NO4. The number of nitrogens with zero attached hydrogens (tertiary/aromatic N) is 1. The van der Waals surface area contributed by atoms with Crippen molar-refractivity contribution in [3.63, 3.8) is 0 Å². The Balaban J connectivity index is 1.47. The maximum atomic E-state index is 13.4. The molecule has 23 heavy (non-hydrogen) atoms. The van der Waals surface area contributed by atoms with E-state index in [1.54, 1.807) is 0 Å². The lowest BCUT2D eigenvalue weighted by atomic mass is 9.81. The molecule has 5 nitrogen and oxygen atoms in total. The summed E-state index contributed by atoms with van der Waals surface area (Å²) in [4.78, 5) is 12.8. The first-order chi connectivity index (χ1) is 10.8. The molecule has 1 aliphatic carbocycles. The summed E-state index contributed by atoms with van der Waals surface area (Å²) < 4.78 is 32.9. The van der Waals surface area contributed by atoms with Gasteiger partial charge < -0.3 is 19.8 Å². The summed E-state index contributed by atoms with van der Waals surface area (Å²) >= 11 is 0. The first-order valence-electron chi connectivity index (χ1n) is 8.37. The van der Waals surface area contributed by atoms with Gasteiger partial charge in [-0.3, -0.25) is 4.79 Å². The zero-order chi connectivity index (χ0) is 16.7. The highest BCUT2D eigenvalue weighted by molar-refractivity contribution is 5.67. The predicted octanol–water partition coefficient (Wildman–Crippen LogP) is 1.74. The van der Waals surface area contributed by atoms with E-state index in [-0.39, 0.29) is 30.9 Å². The number of aliphatic carboxylic acids is 1. The van der Waals surface area contributed by atoms with Crippen molar-refractivity contribution >= 4 is 5.97 Å². The van der Waals surface area contributed by atoms with E-state index >= 15 is 0 Å². The third-order valence-corrected chi connectivity index (χ3v) is 5.90. The molecule has 0 amide bonds. The van der Waals surface area contributed by atoms with Crippen LogP contribution in [0.1, 0.15) is 38.5 Å². The Kier molecular flexibility index (Phi) is 4.40. The Hall–Kier alpha value is -0.790. The summed E-state index contributed by atoms with van der Waals surface area (Å²) in [5, 5.41) is 18.1. The zero-order valence-corrected chi connectivity index (χ0v) is 13.3. The lowest BCUT2D eigenvalue weighted by molar-refractivity contribution is -0.149. The second kappa shape index (κ2) is 5.93. The second-order valence-corrected chi connectivity index (χ2v) is 7.59. The molecule has 132 valence electrons. The number of hydrogen-bond donors (Lipinski definition) is 2. The van der Waals surface area contributed by atoms with Crippen LogP contribution in [0.3, 0.4) is 0 Å². The maximum absolute atomic E-state index is 13.4. The quantitative estimate of drug-likeness (QED) is 0.802. The van der Waals surface area contributed by atoms with Gasteiger partial charge in [0, 0.05) is 26.1 Å². The second-order valence-electron chi connectivity index (χ2n) is 7.59. The van der Waals surface area contributed by atoms with Crippen molar-refractivity contribution in [3.05, 3.63) is 0 Å². The highest BCUT2D eigenvalue weighted by atomic mass is 19.3. The molecule has 2 atom stereocenters. The summed E-state index contributed by atoms with van der Waals surface area (Å²) in [5.74, 6) is -3.44. The van der Waals surface area contributed by atoms with Crippen LogP contribution in [0.5, 0.6) is 0 Å². The Labute approximate surface area is 134 Å². The lowest BCUT2D eigenvalue weighted by Crippen LogP contribution is -2.50. The number of aliphatic hydroxyl groups is 1. The first-order valence-corrected chi connectivity index (χ1v) is 8.37. The van der Waals surface area contributed by atoms with Crippen molar-refractivity contribution < 1.29 is 28.5 Å².